The van der Waals surface area contributed by atoms with E-state index in [-0.39, 0.29) is 0 Å². The van der Waals surface area contributed by atoms with Crippen molar-refractivity contribution < 1.29 is 19.1 Å². The number of carbonyl (C=O) groups excluding carboxylic acids is 2. The minimum absolute atomic E-state index is 0.343. The molecule has 28 heavy (non-hydrogen) atoms. The Balaban J connectivity index is 1.81. The van der Waals surface area contributed by atoms with E-state index in [1.807, 2.05) is 0 Å². The summed E-state index contributed by atoms with van der Waals surface area (Å²) in [4.78, 5) is 24.4. The van der Waals surface area contributed by atoms with Gasteiger partial charge in [0.25, 0.3) is 0 Å². The molecule has 0 radical (unpaired) electrons. The summed E-state index contributed by atoms with van der Waals surface area (Å²) in [5, 5.41) is 0. The van der Waals surface area contributed by atoms with Gasteiger partial charge in [0.05, 0.1) is 13.2 Å². The Morgan fingerprint density at radius 3 is 1.39 bits per heavy atom. The normalized spacial score (nSPS) is 33.7. The summed E-state index contributed by atoms with van der Waals surface area (Å²) in [6, 6.07) is 0. The molecule has 2 fully saturated rings. The van der Waals surface area contributed by atoms with Crippen LogP contribution in [0.15, 0.2) is 0 Å². The van der Waals surface area contributed by atoms with Crippen LogP contribution < -0.4 is 0 Å². The molecule has 0 N–H and O–H groups in total. The van der Waals surface area contributed by atoms with E-state index in [2.05, 4.69) is 41.5 Å². The van der Waals surface area contributed by atoms with Crippen molar-refractivity contribution in [3.8, 4) is 0 Å². The molecule has 0 unspecified atom stereocenters. The van der Waals surface area contributed by atoms with E-state index in [0.717, 1.165) is 12.8 Å². The maximum Gasteiger partial charge on any atom is 0.417 e. The van der Waals surface area contributed by atoms with Gasteiger partial charge in [-0.1, -0.05) is 54.4 Å². The second-order valence-electron chi connectivity index (χ2n) is 10.4. The molecule has 6 atom stereocenters. The van der Waals surface area contributed by atoms with Gasteiger partial charge in [0.15, 0.2) is 0 Å². The molecule has 0 aromatic rings. The highest BCUT2D eigenvalue weighted by Crippen LogP contribution is 2.39. The topological polar surface area (TPSA) is 52.6 Å². The Labute approximate surface area is 172 Å². The summed E-state index contributed by atoms with van der Waals surface area (Å²) in [6.07, 6.45) is 6.99. The Hall–Kier alpha value is -1.06. The monoisotopic (exact) mass is 394 g/mol. The molecular weight excluding hydrogens is 352 g/mol. The molecule has 2 aliphatic carbocycles. The summed E-state index contributed by atoms with van der Waals surface area (Å²) < 4.78 is 10.8. The van der Waals surface area contributed by atoms with Crippen molar-refractivity contribution in [2.24, 2.45) is 47.3 Å². The summed E-state index contributed by atoms with van der Waals surface area (Å²) in [6.45, 7) is 14.2. The molecular formula is C24H42O4. The molecule has 2 aliphatic rings. The van der Waals surface area contributed by atoms with Gasteiger partial charge in [-0.15, -0.1) is 0 Å². The third-order valence-corrected chi connectivity index (χ3v) is 7.34. The van der Waals surface area contributed by atoms with Crippen LogP contribution in [0.2, 0.25) is 0 Å². The van der Waals surface area contributed by atoms with Gasteiger partial charge in [-0.05, 0) is 73.0 Å². The average Bonchev–Trinajstić information content (AvgIpc) is 2.63. The lowest BCUT2D eigenvalue weighted by molar-refractivity contribution is -0.170. The van der Waals surface area contributed by atoms with E-state index < -0.39 is 11.9 Å². The molecule has 0 amide bonds. The fraction of sp³-hybridized carbons (Fsp3) is 0.917. The van der Waals surface area contributed by atoms with Crippen LogP contribution in [0.4, 0.5) is 0 Å². The standard InChI is InChI=1S/C24H42O4/c1-15(2)21-9-7-17(5)11-19(21)13-27-23(25)24(26)28-14-20-12-18(6)8-10-22(20)16(3)4/h15-22H,7-14H2,1-6H3/t17-,18-,19+,20+,21+,22+/m0/s1. The highest BCUT2D eigenvalue weighted by atomic mass is 16.6. The fourth-order valence-electron chi connectivity index (χ4n) is 5.67. The quantitative estimate of drug-likeness (QED) is 0.441. The Kier molecular flexibility index (Phi) is 8.82. The molecule has 162 valence electrons. The molecule has 0 saturated heterocycles. The lowest BCUT2D eigenvalue weighted by Crippen LogP contribution is -2.34. The van der Waals surface area contributed by atoms with Crippen LogP contribution in [0.1, 0.15) is 80.1 Å². The van der Waals surface area contributed by atoms with Gasteiger partial charge < -0.3 is 9.47 Å². The van der Waals surface area contributed by atoms with Crippen LogP contribution in [-0.4, -0.2) is 25.2 Å². The first-order chi connectivity index (χ1) is 13.2. The lowest BCUT2D eigenvalue weighted by Gasteiger charge is -2.37. The third kappa shape index (κ3) is 6.49. The first-order valence-corrected chi connectivity index (χ1v) is 11.5. The van der Waals surface area contributed by atoms with Crippen molar-refractivity contribution in [2.45, 2.75) is 80.1 Å². The first-order valence-electron chi connectivity index (χ1n) is 11.5. The maximum atomic E-state index is 12.2. The van der Waals surface area contributed by atoms with E-state index in [4.69, 9.17) is 9.47 Å². The summed E-state index contributed by atoms with van der Waals surface area (Å²) in [7, 11) is 0. The largest absolute Gasteiger partial charge is 0.457 e. The van der Waals surface area contributed by atoms with Crippen molar-refractivity contribution in [3.05, 3.63) is 0 Å². The Morgan fingerprint density at radius 2 is 1.07 bits per heavy atom. The molecule has 0 aliphatic heterocycles. The van der Waals surface area contributed by atoms with Crippen molar-refractivity contribution >= 4 is 11.9 Å². The zero-order valence-corrected chi connectivity index (χ0v) is 18.9. The van der Waals surface area contributed by atoms with Gasteiger partial charge in [-0.25, -0.2) is 9.59 Å². The smallest absolute Gasteiger partial charge is 0.417 e. The lowest BCUT2D eigenvalue weighted by atomic mass is 9.70. The summed E-state index contributed by atoms with van der Waals surface area (Å²) in [5.74, 6) is 2.67. The average molecular weight is 395 g/mol. The van der Waals surface area contributed by atoms with Crippen molar-refractivity contribution in [1.29, 1.82) is 0 Å². The highest BCUT2D eigenvalue weighted by Gasteiger charge is 2.34. The zero-order chi connectivity index (χ0) is 20.8. The van der Waals surface area contributed by atoms with Crippen LogP contribution in [0.5, 0.6) is 0 Å². The second kappa shape index (κ2) is 10.6. The van der Waals surface area contributed by atoms with Crippen LogP contribution in [0, 0.1) is 47.3 Å². The van der Waals surface area contributed by atoms with Gasteiger partial charge in [0.1, 0.15) is 0 Å². The molecule has 0 bridgehead atoms. The van der Waals surface area contributed by atoms with E-state index in [9.17, 15) is 9.59 Å². The van der Waals surface area contributed by atoms with Crippen LogP contribution in [0.25, 0.3) is 0 Å². The van der Waals surface area contributed by atoms with Gasteiger partial charge in [-0.2, -0.15) is 0 Å². The number of ether oxygens (including phenoxy) is 2. The third-order valence-electron chi connectivity index (χ3n) is 7.34. The Bertz CT molecular complexity index is 467. The summed E-state index contributed by atoms with van der Waals surface area (Å²) >= 11 is 0. The Morgan fingerprint density at radius 1 is 0.714 bits per heavy atom. The first kappa shape index (κ1) is 23.2. The van der Waals surface area contributed by atoms with Gasteiger partial charge in [0, 0.05) is 0 Å². The SMILES string of the molecule is CC(C)[C@H]1CC[C@H](C)C[C@@H]1COC(=O)C(=O)OC[C@H]1C[C@@H](C)CC[C@@H]1C(C)C. The van der Waals surface area contributed by atoms with Crippen molar-refractivity contribution in [2.75, 3.05) is 13.2 Å². The molecule has 0 aromatic heterocycles. The fourth-order valence-corrected chi connectivity index (χ4v) is 5.67. The van der Waals surface area contributed by atoms with Crippen LogP contribution in [-0.2, 0) is 19.1 Å². The number of hydrogen-bond donors (Lipinski definition) is 0. The molecule has 4 heteroatoms. The summed E-state index contributed by atoms with van der Waals surface area (Å²) in [5.41, 5.74) is 0. The predicted octanol–water partition coefficient (Wildman–Crippen LogP) is 5.49. The highest BCUT2D eigenvalue weighted by molar-refractivity contribution is 6.29. The van der Waals surface area contributed by atoms with Gasteiger partial charge >= 0.3 is 11.9 Å². The second-order valence-corrected chi connectivity index (χ2v) is 10.4. The van der Waals surface area contributed by atoms with Crippen molar-refractivity contribution in [1.82, 2.24) is 0 Å². The van der Waals surface area contributed by atoms with Crippen LogP contribution in [0.3, 0.4) is 0 Å². The van der Waals surface area contributed by atoms with Crippen molar-refractivity contribution in [3.63, 3.8) is 0 Å². The van der Waals surface area contributed by atoms with E-state index >= 15 is 0 Å². The minimum Gasteiger partial charge on any atom is -0.457 e. The number of esters is 2. The predicted molar refractivity (Wildman–Crippen MR) is 112 cm³/mol. The number of hydrogen-bond acceptors (Lipinski definition) is 4. The molecule has 2 saturated carbocycles. The molecule has 0 spiro atoms. The van der Waals surface area contributed by atoms with Gasteiger partial charge in [-0.3, -0.25) is 0 Å². The van der Waals surface area contributed by atoms with E-state index in [1.54, 1.807) is 0 Å². The van der Waals surface area contributed by atoms with E-state index in [1.165, 1.54) is 25.7 Å². The maximum absolute atomic E-state index is 12.2. The molecule has 2 rings (SSSR count). The molecule has 4 nitrogen and oxygen atoms in total. The van der Waals surface area contributed by atoms with Crippen LogP contribution >= 0.6 is 0 Å². The van der Waals surface area contributed by atoms with Gasteiger partial charge in [0.2, 0.25) is 0 Å². The number of carbonyl (C=O) groups is 2. The zero-order valence-electron chi connectivity index (χ0n) is 18.9. The van der Waals surface area contributed by atoms with E-state index in [0.29, 0.717) is 60.6 Å². The minimum atomic E-state index is -0.814. The number of rotatable bonds is 6. The molecule has 0 heterocycles. The molecule has 0 aromatic carbocycles.